The number of nitrogens with one attached hydrogen (secondary N) is 1. The van der Waals surface area contributed by atoms with Crippen molar-refractivity contribution in [1.29, 1.82) is 0 Å². The molecule has 200 valence electrons. The van der Waals surface area contributed by atoms with Crippen LogP contribution in [0.4, 0.5) is 5.82 Å². The van der Waals surface area contributed by atoms with Gasteiger partial charge in [0, 0.05) is 31.5 Å². The molecule has 3 aliphatic heterocycles. The van der Waals surface area contributed by atoms with Gasteiger partial charge in [-0.05, 0) is 61.2 Å². The summed E-state index contributed by atoms with van der Waals surface area (Å²) in [7, 11) is 1.59. The molecule has 2 amide bonds. The van der Waals surface area contributed by atoms with E-state index in [4.69, 9.17) is 15.6 Å². The number of amidine groups is 1. The highest BCUT2D eigenvalue weighted by Crippen LogP contribution is 2.37. The van der Waals surface area contributed by atoms with Crippen LogP contribution in [0.2, 0.25) is 0 Å². The Bertz CT molecular complexity index is 1420. The first-order chi connectivity index (χ1) is 18.9. The number of ether oxygens (including phenoxy) is 1. The van der Waals surface area contributed by atoms with Gasteiger partial charge in [-0.2, -0.15) is 10.8 Å². The number of hydrogen-bond donors (Lipinski definition) is 2. The molecule has 1 saturated heterocycles. The molecule has 1 fully saturated rings. The van der Waals surface area contributed by atoms with Crippen molar-refractivity contribution in [3.63, 3.8) is 0 Å². The fourth-order valence-electron chi connectivity index (χ4n) is 5.03. The quantitative estimate of drug-likeness (QED) is 0.310. The number of nitrogens with zero attached hydrogens (tertiary/aromatic N) is 5. The third-order valence-corrected chi connectivity index (χ3v) is 7.08. The molecule has 0 aliphatic carbocycles. The first kappa shape index (κ1) is 26.4. The zero-order valence-electron chi connectivity index (χ0n) is 22.1. The van der Waals surface area contributed by atoms with Crippen molar-refractivity contribution < 1.29 is 18.9 Å². The number of anilines is 1. The Kier molecular flexibility index (Phi) is 7.60. The highest BCUT2D eigenvalue weighted by Gasteiger charge is 2.48. The Labute approximate surface area is 227 Å². The van der Waals surface area contributed by atoms with Crippen molar-refractivity contribution in [2.24, 2.45) is 15.8 Å². The molecular weight excluding hydrogens is 494 g/mol. The number of aliphatic imine (C=N–C) groups is 2. The van der Waals surface area contributed by atoms with Gasteiger partial charge >= 0.3 is 0 Å². The summed E-state index contributed by atoms with van der Waals surface area (Å²) in [5, 5.41) is 2.86. The number of amides is 2. The topological polar surface area (TPSA) is 122 Å². The number of quaternary nitrogens is 1. The van der Waals surface area contributed by atoms with Crippen LogP contribution in [0.15, 0.2) is 88.5 Å². The van der Waals surface area contributed by atoms with Gasteiger partial charge in [-0.15, -0.1) is 4.59 Å². The van der Waals surface area contributed by atoms with E-state index in [2.05, 4.69) is 22.2 Å². The average Bonchev–Trinajstić information content (AvgIpc) is 3.56. The Morgan fingerprint density at radius 2 is 2.08 bits per heavy atom. The van der Waals surface area contributed by atoms with Crippen LogP contribution in [-0.4, -0.2) is 64.6 Å². The molecule has 10 nitrogen and oxygen atoms in total. The number of fused-ring (bicyclic) bond motifs is 1. The van der Waals surface area contributed by atoms with Crippen LogP contribution in [0.1, 0.15) is 41.3 Å². The summed E-state index contributed by atoms with van der Waals surface area (Å²) >= 11 is 0. The fraction of sp³-hybridized carbons (Fsp3) is 0.276. The van der Waals surface area contributed by atoms with Gasteiger partial charge in [0.05, 0.1) is 30.6 Å². The molecule has 3 N–H and O–H groups in total. The molecule has 4 heterocycles. The zero-order valence-corrected chi connectivity index (χ0v) is 22.1. The van der Waals surface area contributed by atoms with E-state index < -0.39 is 0 Å². The van der Waals surface area contributed by atoms with Crippen LogP contribution >= 0.6 is 0 Å². The van der Waals surface area contributed by atoms with Crippen molar-refractivity contribution in [1.82, 2.24) is 9.88 Å². The molecule has 0 bridgehead atoms. The fourth-order valence-corrected chi connectivity index (χ4v) is 5.03. The van der Waals surface area contributed by atoms with Crippen LogP contribution in [-0.2, 0) is 16.0 Å². The number of carbonyl (C=O) groups excluding carboxylic acids is 2. The van der Waals surface area contributed by atoms with E-state index in [1.54, 1.807) is 56.2 Å². The Morgan fingerprint density at radius 3 is 2.85 bits per heavy atom. The zero-order chi connectivity index (χ0) is 27.4. The summed E-state index contributed by atoms with van der Waals surface area (Å²) in [6.07, 6.45) is 12.6. The molecule has 0 radical (unpaired) electrons. The molecule has 5 rings (SSSR count). The third-order valence-electron chi connectivity index (χ3n) is 7.08. The van der Waals surface area contributed by atoms with Gasteiger partial charge in [-0.25, -0.2) is 4.98 Å². The molecule has 2 aromatic rings. The van der Waals surface area contributed by atoms with Gasteiger partial charge in [-0.3, -0.25) is 14.6 Å². The minimum atomic E-state index is -0.251. The van der Waals surface area contributed by atoms with Crippen LogP contribution in [0.5, 0.6) is 0 Å². The summed E-state index contributed by atoms with van der Waals surface area (Å²) in [6.45, 7) is 3.06. The summed E-state index contributed by atoms with van der Waals surface area (Å²) < 4.78 is 4.87. The van der Waals surface area contributed by atoms with E-state index in [9.17, 15) is 9.59 Å². The number of aromatic nitrogens is 1. The number of carbonyl (C=O) groups is 2. The van der Waals surface area contributed by atoms with Crippen LogP contribution in [0.25, 0.3) is 0 Å². The largest absolute Gasteiger partial charge is 0.381 e. The first-order valence-corrected chi connectivity index (χ1v) is 13.0. The highest BCUT2D eigenvalue weighted by atomic mass is 16.5. The molecule has 0 spiro atoms. The minimum absolute atomic E-state index is 0.0842. The lowest BCUT2D eigenvalue weighted by Gasteiger charge is -2.27. The van der Waals surface area contributed by atoms with E-state index in [0.717, 1.165) is 41.8 Å². The second kappa shape index (κ2) is 11.2. The molecule has 39 heavy (non-hydrogen) atoms. The lowest BCUT2D eigenvalue weighted by molar-refractivity contribution is -0.750. The van der Waals surface area contributed by atoms with Crippen molar-refractivity contribution in [2.45, 2.75) is 32.2 Å². The third kappa shape index (κ3) is 5.22. The second-order valence-electron chi connectivity index (χ2n) is 9.54. The lowest BCUT2D eigenvalue weighted by atomic mass is 10.1. The average molecular weight is 527 g/mol. The van der Waals surface area contributed by atoms with E-state index in [1.165, 1.54) is 0 Å². The van der Waals surface area contributed by atoms with E-state index in [-0.39, 0.29) is 22.4 Å². The predicted molar refractivity (Wildman–Crippen MR) is 149 cm³/mol. The number of aryl methyl sites for hydroxylation is 1. The normalized spacial score (nSPS) is 22.0. The van der Waals surface area contributed by atoms with Crippen molar-refractivity contribution in [2.75, 3.05) is 25.6 Å². The van der Waals surface area contributed by atoms with Crippen LogP contribution in [0.3, 0.4) is 0 Å². The van der Waals surface area contributed by atoms with Gasteiger partial charge < -0.3 is 15.0 Å². The Morgan fingerprint density at radius 1 is 1.26 bits per heavy atom. The number of methoxy groups -OCH3 is 1. The van der Waals surface area contributed by atoms with Crippen molar-refractivity contribution in [3.8, 4) is 0 Å². The Hall–Kier alpha value is -4.25. The summed E-state index contributed by atoms with van der Waals surface area (Å²) in [4.78, 5) is 41.2. The van der Waals surface area contributed by atoms with E-state index in [1.807, 2.05) is 29.2 Å². The number of allylic oxidation sites excluding steroid dienone is 1. The molecule has 10 heteroatoms. The van der Waals surface area contributed by atoms with E-state index in [0.29, 0.717) is 30.4 Å². The summed E-state index contributed by atoms with van der Waals surface area (Å²) in [5.41, 5.74) is 3.81. The number of hydrogen-bond acceptors (Lipinski definition) is 7. The van der Waals surface area contributed by atoms with E-state index >= 15 is 0 Å². The molecule has 1 aromatic carbocycles. The molecule has 3 aliphatic rings. The molecule has 2 atom stereocenters. The maximum atomic E-state index is 12.9. The highest BCUT2D eigenvalue weighted by molar-refractivity contribution is 6.05. The molecular formula is C29H32N7O3+. The van der Waals surface area contributed by atoms with Gasteiger partial charge in [0.2, 0.25) is 11.6 Å². The van der Waals surface area contributed by atoms with Gasteiger partial charge in [0.15, 0.2) is 0 Å². The lowest BCUT2D eigenvalue weighted by Crippen LogP contribution is -2.53. The van der Waals surface area contributed by atoms with Gasteiger partial charge in [0.25, 0.3) is 11.7 Å². The number of nitrogens with two attached hydrogens (primary N) is 1. The SMILES string of the molecule is CCc1ccnc(NC(=O)c2ccc(C3=NC(C4CCCN4C(=O)C=CCOC)=C4C=NC=C[N+]34N)cc2)c1. The van der Waals surface area contributed by atoms with Crippen molar-refractivity contribution >= 4 is 29.7 Å². The number of benzene rings is 1. The summed E-state index contributed by atoms with van der Waals surface area (Å²) in [6, 6.07) is 10.7. The molecule has 0 saturated carbocycles. The number of pyridine rings is 1. The summed E-state index contributed by atoms with van der Waals surface area (Å²) in [5.74, 6) is 7.67. The monoisotopic (exact) mass is 526 g/mol. The van der Waals surface area contributed by atoms with Gasteiger partial charge in [-0.1, -0.05) is 13.0 Å². The maximum absolute atomic E-state index is 12.9. The van der Waals surface area contributed by atoms with Gasteiger partial charge in [0.1, 0.15) is 17.7 Å². The smallest absolute Gasteiger partial charge is 0.264 e. The van der Waals surface area contributed by atoms with Crippen LogP contribution in [0, 0.1) is 0 Å². The molecule has 2 unspecified atom stereocenters. The standard InChI is InChI=1S/C29H31N7O3/c1-3-20-12-13-32-25(18-20)33-29(38)22-10-8-21(9-11-22)28-34-27(24-19-31-14-16-36(24,28)30)23-6-4-15-35(23)26(37)7-5-17-39-2/h5,7-14,16,18-19,23H,3-4,6,15,17,30H2,1-2H3/p+1. The second-order valence-corrected chi connectivity index (χ2v) is 9.54. The minimum Gasteiger partial charge on any atom is -0.381 e. The Balaban J connectivity index is 1.40. The maximum Gasteiger partial charge on any atom is 0.264 e. The first-order valence-electron chi connectivity index (χ1n) is 13.0. The number of rotatable bonds is 8. The van der Waals surface area contributed by atoms with Crippen molar-refractivity contribution in [3.05, 3.63) is 95.2 Å². The molecule has 1 aromatic heterocycles. The van der Waals surface area contributed by atoms with Crippen LogP contribution < -0.4 is 11.2 Å². The predicted octanol–water partition coefficient (Wildman–Crippen LogP) is 3.31. The number of likely N-dealkylation sites (tertiary alicyclic amines) is 1.